The fourth-order valence-corrected chi connectivity index (χ4v) is 3.37. The molecule has 0 aliphatic carbocycles. The van der Waals surface area contributed by atoms with Crippen LogP contribution in [0, 0.1) is 19.8 Å². The molecule has 0 radical (unpaired) electrons. The molecule has 5 nitrogen and oxygen atoms in total. The summed E-state index contributed by atoms with van der Waals surface area (Å²) < 4.78 is 2.06. The minimum atomic E-state index is 0.0371. The molecule has 5 heteroatoms. The van der Waals surface area contributed by atoms with E-state index in [1.165, 1.54) is 5.56 Å². The number of amides is 1. The van der Waals surface area contributed by atoms with Crippen LogP contribution in [0.2, 0.25) is 0 Å². The summed E-state index contributed by atoms with van der Waals surface area (Å²) in [5.74, 6) is 1.64. The summed E-state index contributed by atoms with van der Waals surface area (Å²) in [4.78, 5) is 19.2. The van der Waals surface area contributed by atoms with Crippen molar-refractivity contribution >= 4 is 5.91 Å². The minimum absolute atomic E-state index is 0.0371. The molecule has 0 bridgehead atoms. The van der Waals surface area contributed by atoms with Gasteiger partial charge in [0.1, 0.15) is 5.82 Å². The Morgan fingerprint density at radius 2 is 2.21 bits per heavy atom. The highest BCUT2D eigenvalue weighted by Crippen LogP contribution is 2.18. The third-order valence-electron chi connectivity index (χ3n) is 4.83. The van der Waals surface area contributed by atoms with Crippen molar-refractivity contribution in [3.05, 3.63) is 53.1 Å². The summed E-state index contributed by atoms with van der Waals surface area (Å²) in [6, 6.07) is 5.97. The van der Waals surface area contributed by atoms with Crippen molar-refractivity contribution in [2.24, 2.45) is 13.0 Å². The zero-order valence-corrected chi connectivity index (χ0v) is 14.7. The van der Waals surface area contributed by atoms with Gasteiger partial charge in [0.05, 0.1) is 6.54 Å². The molecule has 24 heavy (non-hydrogen) atoms. The first-order chi connectivity index (χ1) is 11.5. The third-order valence-corrected chi connectivity index (χ3v) is 4.83. The van der Waals surface area contributed by atoms with Crippen molar-refractivity contribution in [3.8, 4) is 0 Å². The van der Waals surface area contributed by atoms with Gasteiger partial charge in [-0.25, -0.2) is 4.98 Å². The molecule has 1 N–H and O–H groups in total. The number of nitrogens with zero attached hydrogens (tertiary/aromatic N) is 3. The van der Waals surface area contributed by atoms with E-state index in [1.54, 1.807) is 0 Å². The van der Waals surface area contributed by atoms with Gasteiger partial charge in [-0.15, -0.1) is 0 Å². The van der Waals surface area contributed by atoms with E-state index in [1.807, 2.05) is 45.4 Å². The first-order valence-corrected chi connectivity index (χ1v) is 8.57. The number of rotatable bonds is 5. The van der Waals surface area contributed by atoms with E-state index in [-0.39, 0.29) is 5.91 Å². The highest BCUT2D eigenvalue weighted by molar-refractivity contribution is 5.95. The third kappa shape index (κ3) is 3.85. The summed E-state index contributed by atoms with van der Waals surface area (Å²) in [7, 11) is 2.03. The molecule has 1 amide bonds. The quantitative estimate of drug-likeness (QED) is 0.917. The van der Waals surface area contributed by atoms with Crippen LogP contribution in [0.5, 0.6) is 0 Å². The average Bonchev–Trinajstić information content (AvgIpc) is 3.15. The van der Waals surface area contributed by atoms with E-state index in [0.717, 1.165) is 49.6 Å². The van der Waals surface area contributed by atoms with Crippen LogP contribution in [0.25, 0.3) is 0 Å². The lowest BCUT2D eigenvalue weighted by Gasteiger charge is -2.16. The summed E-state index contributed by atoms with van der Waals surface area (Å²) in [5.41, 5.74) is 3.00. The molecule has 2 aromatic rings. The Balaban J connectivity index is 1.49. The van der Waals surface area contributed by atoms with E-state index < -0.39 is 0 Å². The molecule has 1 unspecified atom stereocenters. The van der Waals surface area contributed by atoms with Crippen LogP contribution in [-0.2, 0) is 13.6 Å². The maximum Gasteiger partial charge on any atom is 0.251 e. The molecule has 1 aliphatic heterocycles. The Morgan fingerprint density at radius 3 is 2.92 bits per heavy atom. The fourth-order valence-electron chi connectivity index (χ4n) is 3.37. The first kappa shape index (κ1) is 16.7. The number of carbonyl (C=O) groups is 1. The van der Waals surface area contributed by atoms with Crippen molar-refractivity contribution in [2.75, 3.05) is 19.6 Å². The zero-order chi connectivity index (χ0) is 17.1. The smallest absolute Gasteiger partial charge is 0.251 e. The summed E-state index contributed by atoms with van der Waals surface area (Å²) >= 11 is 0. The SMILES string of the molecule is Cc1ccc(C(=O)NCC2CCN(Cc3nccn3C)C2)c(C)c1. The van der Waals surface area contributed by atoms with Gasteiger partial charge in [0.15, 0.2) is 0 Å². The van der Waals surface area contributed by atoms with Gasteiger partial charge in [-0.05, 0) is 44.4 Å². The molecule has 2 heterocycles. The van der Waals surface area contributed by atoms with Crippen molar-refractivity contribution in [3.63, 3.8) is 0 Å². The molecule has 128 valence electrons. The van der Waals surface area contributed by atoms with Crippen molar-refractivity contribution in [1.82, 2.24) is 19.8 Å². The van der Waals surface area contributed by atoms with Crippen molar-refractivity contribution in [1.29, 1.82) is 0 Å². The molecule has 1 aromatic carbocycles. The second-order valence-corrected chi connectivity index (χ2v) is 6.87. The lowest BCUT2D eigenvalue weighted by atomic mass is 10.0. The molecular weight excluding hydrogens is 300 g/mol. The van der Waals surface area contributed by atoms with Crippen LogP contribution in [0.1, 0.15) is 33.7 Å². The second kappa shape index (κ2) is 7.18. The number of hydrogen-bond donors (Lipinski definition) is 1. The van der Waals surface area contributed by atoms with E-state index in [4.69, 9.17) is 0 Å². The molecule has 0 spiro atoms. The van der Waals surface area contributed by atoms with Crippen LogP contribution in [0.3, 0.4) is 0 Å². The second-order valence-electron chi connectivity index (χ2n) is 6.87. The Morgan fingerprint density at radius 1 is 1.38 bits per heavy atom. The van der Waals surface area contributed by atoms with Gasteiger partial charge in [0, 0.05) is 38.1 Å². The number of imidazole rings is 1. The van der Waals surface area contributed by atoms with Crippen LogP contribution in [0.4, 0.5) is 0 Å². The maximum absolute atomic E-state index is 12.4. The number of benzene rings is 1. The maximum atomic E-state index is 12.4. The highest BCUT2D eigenvalue weighted by atomic mass is 16.1. The summed E-state index contributed by atoms with van der Waals surface area (Å²) in [6.45, 7) is 7.74. The van der Waals surface area contributed by atoms with Gasteiger partial charge in [-0.3, -0.25) is 9.69 Å². The molecule has 1 aromatic heterocycles. The van der Waals surface area contributed by atoms with Gasteiger partial charge in [-0.2, -0.15) is 0 Å². The molecule has 1 saturated heterocycles. The topological polar surface area (TPSA) is 50.2 Å². The fraction of sp³-hybridized carbons (Fsp3) is 0.474. The van der Waals surface area contributed by atoms with E-state index >= 15 is 0 Å². The van der Waals surface area contributed by atoms with Crippen LogP contribution in [0.15, 0.2) is 30.6 Å². The van der Waals surface area contributed by atoms with Gasteiger partial charge >= 0.3 is 0 Å². The van der Waals surface area contributed by atoms with E-state index in [2.05, 4.69) is 25.8 Å². The lowest BCUT2D eigenvalue weighted by molar-refractivity contribution is 0.0946. The Bertz CT molecular complexity index is 722. The largest absolute Gasteiger partial charge is 0.352 e. The molecular formula is C19H26N4O. The lowest BCUT2D eigenvalue weighted by Crippen LogP contribution is -2.31. The van der Waals surface area contributed by atoms with Gasteiger partial charge in [0.2, 0.25) is 0 Å². The number of aromatic nitrogens is 2. The number of likely N-dealkylation sites (tertiary alicyclic amines) is 1. The number of aryl methyl sites for hydroxylation is 3. The number of carbonyl (C=O) groups excluding carboxylic acids is 1. The van der Waals surface area contributed by atoms with Crippen molar-refractivity contribution < 1.29 is 4.79 Å². The van der Waals surface area contributed by atoms with Gasteiger partial charge in [0.25, 0.3) is 5.91 Å². The molecule has 1 atom stereocenters. The normalized spacial score (nSPS) is 18.0. The minimum Gasteiger partial charge on any atom is -0.352 e. The van der Waals surface area contributed by atoms with Gasteiger partial charge < -0.3 is 9.88 Å². The van der Waals surface area contributed by atoms with Gasteiger partial charge in [-0.1, -0.05) is 17.7 Å². The van der Waals surface area contributed by atoms with Crippen molar-refractivity contribution in [2.45, 2.75) is 26.8 Å². The zero-order valence-electron chi connectivity index (χ0n) is 14.7. The predicted molar refractivity (Wildman–Crippen MR) is 94.8 cm³/mol. The van der Waals surface area contributed by atoms with Crippen LogP contribution in [-0.4, -0.2) is 40.0 Å². The van der Waals surface area contributed by atoms with E-state index in [9.17, 15) is 4.79 Å². The summed E-state index contributed by atoms with van der Waals surface area (Å²) in [6.07, 6.45) is 4.94. The monoisotopic (exact) mass is 326 g/mol. The Hall–Kier alpha value is -2.14. The highest BCUT2D eigenvalue weighted by Gasteiger charge is 2.24. The van der Waals surface area contributed by atoms with E-state index in [0.29, 0.717) is 5.92 Å². The molecule has 3 rings (SSSR count). The predicted octanol–water partition coefficient (Wildman–Crippen LogP) is 2.29. The van der Waals surface area contributed by atoms with Crippen LogP contribution >= 0.6 is 0 Å². The molecule has 0 saturated carbocycles. The first-order valence-electron chi connectivity index (χ1n) is 8.57. The number of hydrogen-bond acceptors (Lipinski definition) is 3. The Kier molecular flexibility index (Phi) is 5.00. The molecule has 1 aliphatic rings. The molecule has 1 fully saturated rings. The summed E-state index contributed by atoms with van der Waals surface area (Å²) in [5, 5.41) is 3.11. The standard InChI is InChI=1S/C19H26N4O/c1-14-4-5-17(15(2)10-14)19(24)21-11-16-6-8-23(12-16)13-18-20-7-9-22(18)3/h4-5,7,9-10,16H,6,8,11-13H2,1-3H3,(H,21,24). The Labute approximate surface area is 143 Å². The number of nitrogens with one attached hydrogen (secondary N) is 1. The van der Waals surface area contributed by atoms with Crippen LogP contribution < -0.4 is 5.32 Å². The average molecular weight is 326 g/mol.